The van der Waals surface area contributed by atoms with Crippen LogP contribution in [0.4, 0.5) is 20.6 Å². The number of benzene rings is 2. The van der Waals surface area contributed by atoms with Gasteiger partial charge in [0.1, 0.15) is 11.9 Å². The van der Waals surface area contributed by atoms with Crippen molar-refractivity contribution in [3.63, 3.8) is 0 Å². The lowest BCUT2D eigenvalue weighted by atomic mass is 9.64. The monoisotopic (exact) mass is 497 g/mol. The van der Waals surface area contributed by atoms with Crippen molar-refractivity contribution in [1.82, 2.24) is 4.90 Å². The van der Waals surface area contributed by atoms with Crippen LogP contribution in [0.3, 0.4) is 0 Å². The Balaban J connectivity index is 0.00000148. The van der Waals surface area contributed by atoms with Crippen LogP contribution in [0.15, 0.2) is 42.5 Å². The second-order valence-corrected chi connectivity index (χ2v) is 9.39. The van der Waals surface area contributed by atoms with Crippen molar-refractivity contribution in [3.05, 3.63) is 48.0 Å². The van der Waals surface area contributed by atoms with Crippen molar-refractivity contribution in [3.8, 4) is 5.75 Å². The number of anilines is 2. The lowest BCUT2D eigenvalue weighted by Gasteiger charge is -2.36. The molecule has 2 saturated heterocycles. The number of carbonyl (C=O) groups is 1. The van der Waals surface area contributed by atoms with Gasteiger partial charge in [0.15, 0.2) is 0 Å². The van der Waals surface area contributed by atoms with Crippen LogP contribution in [0.5, 0.6) is 5.75 Å². The van der Waals surface area contributed by atoms with Gasteiger partial charge in [-0.3, -0.25) is 14.2 Å². The number of fused-ring (bicyclic) bond motifs is 1. The van der Waals surface area contributed by atoms with Crippen molar-refractivity contribution >= 4 is 29.8 Å². The van der Waals surface area contributed by atoms with Gasteiger partial charge in [-0.15, -0.1) is 0 Å². The summed E-state index contributed by atoms with van der Waals surface area (Å²) in [7, 11) is 0.500. The molecule has 2 aromatic carbocycles. The molecule has 36 heavy (non-hydrogen) atoms. The van der Waals surface area contributed by atoms with Crippen LogP contribution in [0, 0.1) is 0 Å². The quantitative estimate of drug-likeness (QED) is 0.407. The number of carbonyl (C=O) groups excluding carboxylic acids is 1. The normalized spacial score (nSPS) is 19.6. The van der Waals surface area contributed by atoms with Gasteiger partial charge in [-0.2, -0.15) is 0 Å². The zero-order valence-electron chi connectivity index (χ0n) is 21.6. The Hall–Kier alpha value is -2.78. The molecule has 2 fully saturated rings. The van der Waals surface area contributed by atoms with Gasteiger partial charge in [-0.25, -0.2) is 4.79 Å². The molecule has 7 nitrogen and oxygen atoms in total. The molecule has 0 bridgehead atoms. The molecule has 9 heteroatoms. The Morgan fingerprint density at radius 2 is 1.78 bits per heavy atom. The van der Waals surface area contributed by atoms with Gasteiger partial charge in [0.2, 0.25) is 0 Å². The minimum atomic E-state index is -0.239. The molecule has 3 aliphatic rings. The van der Waals surface area contributed by atoms with Crippen molar-refractivity contribution in [1.29, 1.82) is 0 Å². The van der Waals surface area contributed by atoms with Crippen LogP contribution in [-0.2, 0) is 16.0 Å². The fraction of sp³-hybridized carbons (Fsp3) is 0.519. The van der Waals surface area contributed by atoms with Crippen molar-refractivity contribution in [2.45, 2.75) is 39.3 Å². The van der Waals surface area contributed by atoms with E-state index in [-0.39, 0.29) is 19.1 Å². The lowest BCUT2D eigenvalue weighted by Crippen LogP contribution is -2.46. The second kappa shape index (κ2) is 12.5. The molecular weight excluding hydrogens is 460 g/mol. The molecule has 5 rings (SSSR count). The number of hydrogen-bond acceptors (Lipinski definition) is 6. The first-order valence-corrected chi connectivity index (χ1v) is 12.9. The van der Waals surface area contributed by atoms with Gasteiger partial charge in [-0.1, -0.05) is 19.8 Å². The number of cyclic esters (lactones) is 1. The zero-order valence-corrected chi connectivity index (χ0v) is 21.6. The molecule has 1 atom stereocenters. The molecule has 0 radical (unpaired) electrons. The largest absolute Gasteiger partial charge is 0.494 e. The lowest BCUT2D eigenvalue weighted by molar-refractivity contribution is 0.139. The number of hydrogen-bond donors (Lipinski definition) is 0. The number of ether oxygens (including phenoxy) is 2. The third-order valence-corrected chi connectivity index (χ3v) is 7.16. The Bertz CT molecular complexity index is 1000. The predicted molar refractivity (Wildman–Crippen MR) is 143 cm³/mol. The highest BCUT2D eigenvalue weighted by molar-refractivity contribution is 6.67. The van der Waals surface area contributed by atoms with E-state index in [1.54, 1.807) is 4.90 Å². The van der Waals surface area contributed by atoms with Gasteiger partial charge in [0, 0.05) is 44.1 Å². The molecule has 3 heterocycles. The number of alkyl halides is 1. The third kappa shape index (κ3) is 6.13. The SMILES string of the molecule is CCC1CN(c2ccc(N3CCN(CCCOc4ccc5c(c4)B(C)OC5)CC3)cc2)C(=O)O1.CF. The highest BCUT2D eigenvalue weighted by atomic mass is 19.1. The van der Waals surface area contributed by atoms with Gasteiger partial charge in [-0.05, 0) is 60.3 Å². The first-order valence-electron chi connectivity index (χ1n) is 12.9. The summed E-state index contributed by atoms with van der Waals surface area (Å²) in [5.74, 6) is 0.941. The fourth-order valence-electron chi connectivity index (χ4n) is 4.97. The standard InChI is InChI=1S/C26H34BN3O4.CH3F/c1-3-23-18-30(26(31)34-23)22-8-6-21(7-9-22)29-14-12-28(13-15-29)11-4-16-32-24-10-5-20-19-33-27(2)25(20)17-24;1-2/h5-10,17,23H,3-4,11-16,18-19H2,1-2H3;1H3. The predicted octanol–water partition coefficient (Wildman–Crippen LogP) is 3.96. The van der Waals surface area contributed by atoms with Crippen LogP contribution in [-0.4, -0.2) is 77.1 Å². The number of amides is 1. The summed E-state index contributed by atoms with van der Waals surface area (Å²) in [5.41, 5.74) is 4.65. The summed E-state index contributed by atoms with van der Waals surface area (Å²) in [4.78, 5) is 18.7. The van der Waals surface area contributed by atoms with Crippen molar-refractivity contribution < 1.29 is 23.3 Å². The van der Waals surface area contributed by atoms with E-state index < -0.39 is 0 Å². The zero-order chi connectivity index (χ0) is 25.5. The summed E-state index contributed by atoms with van der Waals surface area (Å²) < 4.78 is 26.6. The molecular formula is C27H37BFN3O4. The number of nitrogens with zero attached hydrogens (tertiary/aromatic N) is 3. The smallest absolute Gasteiger partial charge is 0.414 e. The number of rotatable bonds is 8. The van der Waals surface area contributed by atoms with Crippen LogP contribution in [0.1, 0.15) is 25.3 Å². The Kier molecular flexibility index (Phi) is 9.10. The van der Waals surface area contributed by atoms with Gasteiger partial charge in [0.25, 0.3) is 0 Å². The number of piperazine rings is 1. The highest BCUT2D eigenvalue weighted by Crippen LogP contribution is 2.26. The summed E-state index contributed by atoms with van der Waals surface area (Å²) in [6.07, 6.45) is 1.62. The van der Waals surface area contributed by atoms with E-state index >= 15 is 0 Å². The highest BCUT2D eigenvalue weighted by Gasteiger charge is 2.31. The van der Waals surface area contributed by atoms with Crippen LogP contribution in [0.2, 0.25) is 6.82 Å². The summed E-state index contributed by atoms with van der Waals surface area (Å²) >= 11 is 0. The van der Waals surface area contributed by atoms with Crippen LogP contribution in [0.25, 0.3) is 0 Å². The Labute approximate surface area is 214 Å². The third-order valence-electron chi connectivity index (χ3n) is 7.16. The average molecular weight is 497 g/mol. The van der Waals surface area contributed by atoms with E-state index in [1.807, 2.05) is 19.1 Å². The molecule has 1 amide bonds. The molecule has 0 N–H and O–H groups in total. The van der Waals surface area contributed by atoms with E-state index in [4.69, 9.17) is 14.1 Å². The van der Waals surface area contributed by atoms with E-state index in [0.717, 1.165) is 63.6 Å². The van der Waals surface area contributed by atoms with Gasteiger partial charge in [0.05, 0.1) is 26.9 Å². The minimum absolute atomic E-state index is 0.00245. The molecule has 0 aromatic heterocycles. The van der Waals surface area contributed by atoms with Crippen molar-refractivity contribution in [2.75, 3.05) is 62.9 Å². The van der Waals surface area contributed by atoms with Gasteiger partial charge >= 0.3 is 13.0 Å². The minimum Gasteiger partial charge on any atom is -0.494 e. The van der Waals surface area contributed by atoms with Crippen LogP contribution >= 0.6 is 0 Å². The molecule has 1 unspecified atom stereocenters. The maximum Gasteiger partial charge on any atom is 0.414 e. The topological polar surface area (TPSA) is 54.5 Å². The first-order chi connectivity index (χ1) is 17.6. The molecule has 3 aliphatic heterocycles. The van der Waals surface area contributed by atoms with Gasteiger partial charge < -0.3 is 19.0 Å². The first kappa shape index (κ1) is 26.3. The molecule has 0 spiro atoms. The molecule has 0 aliphatic carbocycles. The van der Waals surface area contributed by atoms with Crippen LogP contribution < -0.4 is 20.0 Å². The second-order valence-electron chi connectivity index (χ2n) is 9.39. The molecule has 0 saturated carbocycles. The van der Waals surface area contributed by atoms with E-state index in [0.29, 0.717) is 20.3 Å². The molecule has 2 aromatic rings. The Morgan fingerprint density at radius 3 is 2.47 bits per heavy atom. The van der Waals surface area contributed by atoms with E-state index in [1.165, 1.54) is 16.7 Å². The van der Waals surface area contributed by atoms with E-state index in [2.05, 4.69) is 47.0 Å². The van der Waals surface area contributed by atoms with Crippen molar-refractivity contribution in [2.24, 2.45) is 0 Å². The van der Waals surface area contributed by atoms with E-state index in [9.17, 15) is 9.18 Å². The Morgan fingerprint density at radius 1 is 1.06 bits per heavy atom. The summed E-state index contributed by atoms with van der Waals surface area (Å²) in [6.45, 7) is 11.5. The summed E-state index contributed by atoms with van der Waals surface area (Å²) in [6, 6.07) is 14.6. The molecule has 194 valence electrons. The number of halogens is 1. The maximum atomic E-state index is 12.1. The average Bonchev–Trinajstić information content (AvgIpc) is 3.50. The maximum absolute atomic E-state index is 12.1. The fourth-order valence-corrected chi connectivity index (χ4v) is 4.97. The summed E-state index contributed by atoms with van der Waals surface area (Å²) in [5, 5.41) is 0.